The fraction of sp³-hybridized carbons (Fsp3) is 0.333. The van der Waals surface area contributed by atoms with Gasteiger partial charge in [-0.3, -0.25) is 0 Å². The summed E-state index contributed by atoms with van der Waals surface area (Å²) in [4.78, 5) is 31.9. The van der Waals surface area contributed by atoms with Gasteiger partial charge in [-0.2, -0.15) is 20.8 Å². The number of nitrogens with zero attached hydrogens (tertiary/aromatic N) is 4. The summed E-state index contributed by atoms with van der Waals surface area (Å²) >= 11 is 0. The number of hydrogen-bond donors (Lipinski definition) is 0. The monoisotopic (exact) mass is 434 g/mol. The molecule has 0 aliphatic rings. The van der Waals surface area contributed by atoms with Crippen LogP contribution in [0, 0.1) is 34.5 Å². The first-order valence-corrected chi connectivity index (χ1v) is 10.0. The van der Waals surface area contributed by atoms with Crippen molar-refractivity contribution in [2.45, 2.75) is 39.8 Å². The second-order valence-electron chi connectivity index (χ2n) is 7.34. The summed E-state index contributed by atoms with van der Waals surface area (Å²) in [6.45, 7) is 7.63. The normalized spacial score (nSPS) is 12.1. The van der Waals surface area contributed by atoms with Crippen LogP contribution in [0.1, 0.15) is 48.4 Å². The molecule has 2 unspecified atom stereocenters. The van der Waals surface area contributed by atoms with Gasteiger partial charge in [0.1, 0.15) is 0 Å². The first-order valence-electron chi connectivity index (χ1n) is 10.0. The van der Waals surface area contributed by atoms with Gasteiger partial charge in [0, 0.05) is 0 Å². The predicted octanol–water partition coefficient (Wildman–Crippen LogP) is 5.15. The number of azo groups is 1. The Morgan fingerprint density at radius 1 is 0.688 bits per heavy atom. The predicted molar refractivity (Wildman–Crippen MR) is 117 cm³/mol. The van der Waals surface area contributed by atoms with Crippen LogP contribution in [0.15, 0.2) is 70.9 Å². The fourth-order valence-electron chi connectivity index (χ4n) is 2.08. The molecule has 0 fully saturated rings. The highest BCUT2D eigenvalue weighted by molar-refractivity contribution is 5.92. The lowest BCUT2D eigenvalue weighted by Crippen LogP contribution is -2.13. The Morgan fingerprint density at radius 3 is 1.25 bits per heavy atom. The quantitative estimate of drug-likeness (QED) is 0.352. The maximum Gasteiger partial charge on any atom is 0.386 e. The van der Waals surface area contributed by atoms with E-state index in [-0.39, 0.29) is 11.8 Å². The molecule has 2 atom stereocenters. The summed E-state index contributed by atoms with van der Waals surface area (Å²) in [5.74, 6) is -1.15. The topological polar surface area (TPSA) is 125 Å². The van der Waals surface area contributed by atoms with Crippen molar-refractivity contribution < 1.29 is 19.4 Å². The molecule has 32 heavy (non-hydrogen) atoms. The van der Waals surface area contributed by atoms with E-state index in [1.165, 1.54) is 0 Å². The highest BCUT2D eigenvalue weighted by atomic mass is 17.2. The summed E-state index contributed by atoms with van der Waals surface area (Å²) in [5.41, 5.74) is 0.636. The lowest BCUT2D eigenvalue weighted by Gasteiger charge is -2.09. The smallest absolute Gasteiger partial charge is 0.242 e. The summed E-state index contributed by atoms with van der Waals surface area (Å²) in [6, 6.07) is 19.8. The zero-order chi connectivity index (χ0) is 23.9. The van der Waals surface area contributed by atoms with Crippen molar-refractivity contribution in [3.8, 4) is 12.1 Å². The number of nitriles is 2. The summed E-state index contributed by atoms with van der Waals surface area (Å²) in [6.07, 6.45) is 0. The highest BCUT2D eigenvalue weighted by Crippen LogP contribution is 2.10. The Balaban J connectivity index is 0.000000333. The van der Waals surface area contributed by atoms with E-state index in [4.69, 9.17) is 10.5 Å². The van der Waals surface area contributed by atoms with Gasteiger partial charge in [-0.15, -0.1) is 0 Å². The Hall–Kier alpha value is -4.04. The van der Waals surface area contributed by atoms with Crippen molar-refractivity contribution in [3.05, 3.63) is 71.8 Å². The van der Waals surface area contributed by atoms with Crippen molar-refractivity contribution in [1.82, 2.24) is 0 Å². The molecule has 0 N–H and O–H groups in total. The van der Waals surface area contributed by atoms with E-state index < -0.39 is 24.0 Å². The maximum atomic E-state index is 11.5. The van der Waals surface area contributed by atoms with Gasteiger partial charge in [0.25, 0.3) is 0 Å². The molecule has 166 valence electrons. The zero-order valence-electron chi connectivity index (χ0n) is 18.5. The molecule has 2 aromatic rings. The Labute approximate surface area is 188 Å². The van der Waals surface area contributed by atoms with Gasteiger partial charge in [0.15, 0.2) is 12.1 Å². The highest BCUT2D eigenvalue weighted by Gasteiger charge is 2.14. The third-order valence-electron chi connectivity index (χ3n) is 4.05. The average molecular weight is 434 g/mol. The molecule has 2 aromatic carbocycles. The van der Waals surface area contributed by atoms with E-state index >= 15 is 0 Å². The molecule has 0 aliphatic heterocycles. The van der Waals surface area contributed by atoms with Crippen LogP contribution in [-0.2, 0) is 9.78 Å². The molecular weight excluding hydrogens is 408 g/mol. The van der Waals surface area contributed by atoms with Gasteiger partial charge in [-0.1, -0.05) is 64.1 Å². The number of carbonyl (C=O) groups excluding carboxylic acids is 2. The van der Waals surface area contributed by atoms with Crippen LogP contribution in [0.3, 0.4) is 0 Å². The number of carbonyl (C=O) groups is 2. The zero-order valence-corrected chi connectivity index (χ0v) is 18.5. The van der Waals surface area contributed by atoms with Gasteiger partial charge >= 0.3 is 11.9 Å². The lowest BCUT2D eigenvalue weighted by molar-refractivity contribution is -0.187. The molecule has 8 heteroatoms. The Bertz CT molecular complexity index is 881. The van der Waals surface area contributed by atoms with Crippen molar-refractivity contribution in [2.75, 3.05) is 0 Å². The van der Waals surface area contributed by atoms with Crippen LogP contribution >= 0.6 is 0 Å². The van der Waals surface area contributed by atoms with Crippen LogP contribution in [0.4, 0.5) is 0 Å². The van der Waals surface area contributed by atoms with E-state index in [0.717, 1.165) is 0 Å². The summed E-state index contributed by atoms with van der Waals surface area (Å²) < 4.78 is 0. The average Bonchev–Trinajstić information content (AvgIpc) is 2.81. The van der Waals surface area contributed by atoms with Gasteiger partial charge in [0.05, 0.1) is 23.3 Å². The Kier molecular flexibility index (Phi) is 11.4. The molecule has 0 saturated carbocycles. The molecule has 0 spiro atoms. The summed E-state index contributed by atoms with van der Waals surface area (Å²) in [7, 11) is 0. The third-order valence-corrected chi connectivity index (χ3v) is 4.05. The van der Waals surface area contributed by atoms with Crippen LogP contribution in [0.2, 0.25) is 0 Å². The minimum Gasteiger partial charge on any atom is -0.242 e. The summed E-state index contributed by atoms with van der Waals surface area (Å²) in [5, 5.41) is 25.2. The second kappa shape index (κ2) is 14.1. The molecule has 8 nitrogen and oxygen atoms in total. The molecule has 2 rings (SSSR count). The third kappa shape index (κ3) is 9.19. The fourth-order valence-corrected chi connectivity index (χ4v) is 2.08. The van der Waals surface area contributed by atoms with Crippen LogP contribution in [-0.4, -0.2) is 24.0 Å². The number of rotatable bonds is 6. The van der Waals surface area contributed by atoms with Crippen LogP contribution in [0.25, 0.3) is 0 Å². The van der Waals surface area contributed by atoms with Crippen LogP contribution < -0.4 is 0 Å². The number of benzene rings is 2. The molecule has 0 amide bonds. The van der Waals surface area contributed by atoms with Gasteiger partial charge in [0.2, 0.25) is 0 Å². The van der Waals surface area contributed by atoms with Gasteiger partial charge in [-0.05, 0) is 36.1 Å². The van der Waals surface area contributed by atoms with Crippen molar-refractivity contribution in [1.29, 1.82) is 10.5 Å². The Morgan fingerprint density at radius 2 is 1.00 bits per heavy atom. The van der Waals surface area contributed by atoms with Gasteiger partial charge in [-0.25, -0.2) is 19.4 Å². The van der Waals surface area contributed by atoms with E-state index in [1.54, 1.807) is 60.7 Å². The first-order chi connectivity index (χ1) is 15.3. The molecular formula is C24H26N4O4. The maximum absolute atomic E-state index is 11.5. The molecule has 0 heterocycles. The van der Waals surface area contributed by atoms with Crippen LogP contribution in [0.5, 0.6) is 0 Å². The van der Waals surface area contributed by atoms with E-state index in [2.05, 4.69) is 32.1 Å². The standard InChI is InChI=1S/C14H10O4.C10H16N4/c15-13(11-7-3-1-4-8-11)17-18-14(16)12-9-5-2-6-10-12;1-7(2)9(5-11)13-14-10(6-12)8(3)4/h1-10H;7-10H,1-4H3. The van der Waals surface area contributed by atoms with E-state index in [9.17, 15) is 9.59 Å². The minimum absolute atomic E-state index is 0.134. The molecule has 0 bridgehead atoms. The largest absolute Gasteiger partial charge is 0.386 e. The second-order valence-corrected chi connectivity index (χ2v) is 7.34. The molecule has 0 aliphatic carbocycles. The minimum atomic E-state index is -0.708. The first kappa shape index (κ1) is 26.0. The van der Waals surface area contributed by atoms with Gasteiger partial charge < -0.3 is 0 Å². The SMILES string of the molecule is CC(C)C(C#N)N=NC(C#N)C(C)C.O=C(OOC(=O)c1ccccc1)c1ccccc1. The van der Waals surface area contributed by atoms with Crippen molar-refractivity contribution in [3.63, 3.8) is 0 Å². The molecule has 0 aromatic heterocycles. The van der Waals surface area contributed by atoms with E-state index in [0.29, 0.717) is 11.1 Å². The molecule has 0 radical (unpaired) electrons. The lowest BCUT2D eigenvalue weighted by atomic mass is 10.1. The molecule has 0 saturated heterocycles. The van der Waals surface area contributed by atoms with Crippen molar-refractivity contribution >= 4 is 11.9 Å². The number of hydrogen-bond acceptors (Lipinski definition) is 8. The van der Waals surface area contributed by atoms with E-state index in [1.807, 2.05) is 27.7 Å². The van der Waals surface area contributed by atoms with Crippen molar-refractivity contribution in [2.24, 2.45) is 22.1 Å².